The highest BCUT2D eigenvalue weighted by molar-refractivity contribution is 8.15. The van der Waals surface area contributed by atoms with E-state index in [1.54, 1.807) is 37.1 Å². The Morgan fingerprint density at radius 1 is 1.29 bits per heavy atom. The van der Waals surface area contributed by atoms with Crippen molar-refractivity contribution in [3.63, 3.8) is 0 Å². The molecule has 0 spiro atoms. The van der Waals surface area contributed by atoms with Crippen LogP contribution in [-0.2, 0) is 14.8 Å². The predicted octanol–water partition coefficient (Wildman–Crippen LogP) is 2.00. The third-order valence-electron chi connectivity index (χ3n) is 5.78. The number of thioether (sulfide) groups is 1. The fraction of sp³-hybridized carbons (Fsp3) is 0.318. The number of aromatic amines is 1. The van der Waals surface area contributed by atoms with Crippen molar-refractivity contribution in [1.29, 1.82) is 0 Å². The highest BCUT2D eigenvalue weighted by Crippen LogP contribution is 2.36. The van der Waals surface area contributed by atoms with Gasteiger partial charge < -0.3 is 9.72 Å². The molecule has 178 valence electrons. The summed E-state index contributed by atoms with van der Waals surface area (Å²) in [6.45, 7) is 2.07. The Labute approximate surface area is 201 Å². The summed E-state index contributed by atoms with van der Waals surface area (Å²) >= 11 is 1.65. The maximum absolute atomic E-state index is 13.2. The van der Waals surface area contributed by atoms with Gasteiger partial charge >= 0.3 is 0 Å². The van der Waals surface area contributed by atoms with E-state index < -0.39 is 10.0 Å². The number of amides is 1. The maximum atomic E-state index is 13.2. The monoisotopic (exact) mass is 500 g/mol. The number of H-pyrrole nitrogens is 1. The molecule has 1 aromatic carbocycles. The zero-order valence-corrected chi connectivity index (χ0v) is 20.3. The van der Waals surface area contributed by atoms with Crippen LogP contribution in [-0.4, -0.2) is 73.4 Å². The van der Waals surface area contributed by atoms with E-state index in [9.17, 15) is 13.2 Å². The Hall–Kier alpha value is -3.09. The fourth-order valence-electron chi connectivity index (χ4n) is 4.02. The topological polar surface area (TPSA) is 120 Å². The summed E-state index contributed by atoms with van der Waals surface area (Å²) in [6.07, 6.45) is 1.97. The second-order valence-corrected chi connectivity index (χ2v) is 11.3. The number of nitrogens with zero attached hydrogens (tertiary/aromatic N) is 4. The summed E-state index contributed by atoms with van der Waals surface area (Å²) in [5, 5.41) is 3.79. The van der Waals surface area contributed by atoms with Crippen LogP contribution < -0.4 is 14.5 Å². The molecule has 1 amide bonds. The molecule has 3 aromatic rings. The Bertz CT molecular complexity index is 1370. The van der Waals surface area contributed by atoms with E-state index in [4.69, 9.17) is 9.73 Å². The first-order valence-corrected chi connectivity index (χ1v) is 13.0. The molecule has 0 saturated carbocycles. The van der Waals surface area contributed by atoms with E-state index in [-0.39, 0.29) is 16.2 Å². The number of benzene rings is 1. The van der Waals surface area contributed by atoms with Crippen molar-refractivity contribution in [2.45, 2.75) is 16.7 Å². The van der Waals surface area contributed by atoms with E-state index in [2.05, 4.69) is 15.4 Å². The molecule has 34 heavy (non-hydrogen) atoms. The minimum Gasteiger partial charge on any atom is -0.497 e. The molecule has 1 atom stereocenters. The molecule has 2 aromatic heterocycles. The Morgan fingerprint density at radius 2 is 2.15 bits per heavy atom. The average molecular weight is 501 g/mol. The van der Waals surface area contributed by atoms with Crippen LogP contribution in [0.15, 0.2) is 52.6 Å². The van der Waals surface area contributed by atoms with E-state index >= 15 is 0 Å². The summed E-state index contributed by atoms with van der Waals surface area (Å²) in [5.74, 6) is 0.589. The standard InChI is InChI=1S/C22H24N6O4S2/c1-27(34(30,31)20-5-3-4-7-23-20)18-11-15(32-2)9-14-10-17(25-21(14)18)22-24-12-16(33-22)13-28-8-6-19(29)26-28/h3-5,7,9-11,16,25H,6,8,12-13H2,1-2H3,(H,26,29). The molecule has 2 N–H and O–H groups in total. The number of aliphatic imine (C=N–C) groups is 1. The molecule has 1 unspecified atom stereocenters. The van der Waals surface area contributed by atoms with Gasteiger partial charge in [-0.1, -0.05) is 17.8 Å². The van der Waals surface area contributed by atoms with E-state index in [0.29, 0.717) is 43.0 Å². The average Bonchev–Trinajstić information content (AvgIpc) is 3.58. The van der Waals surface area contributed by atoms with E-state index in [1.807, 2.05) is 17.1 Å². The van der Waals surface area contributed by atoms with Crippen molar-refractivity contribution in [3.8, 4) is 5.75 Å². The van der Waals surface area contributed by atoms with Crippen LogP contribution in [0.4, 0.5) is 5.69 Å². The second kappa shape index (κ2) is 8.93. The molecular weight excluding hydrogens is 476 g/mol. The first-order chi connectivity index (χ1) is 16.3. The number of methoxy groups -OCH3 is 1. The van der Waals surface area contributed by atoms with Gasteiger partial charge in [-0.3, -0.25) is 19.5 Å². The minimum atomic E-state index is -3.87. The largest absolute Gasteiger partial charge is 0.497 e. The van der Waals surface area contributed by atoms with Crippen molar-refractivity contribution in [3.05, 3.63) is 48.3 Å². The summed E-state index contributed by atoms with van der Waals surface area (Å²) in [7, 11) is -0.827. The summed E-state index contributed by atoms with van der Waals surface area (Å²) in [5.41, 5.74) is 4.78. The van der Waals surface area contributed by atoms with Gasteiger partial charge in [0, 0.05) is 49.5 Å². The number of hydrogen-bond donors (Lipinski definition) is 2. The number of ether oxygens (including phenoxy) is 1. The first-order valence-electron chi connectivity index (χ1n) is 10.7. The molecule has 12 heteroatoms. The molecule has 10 nitrogen and oxygen atoms in total. The zero-order chi connectivity index (χ0) is 23.9. The first kappa shape index (κ1) is 22.7. The molecule has 2 aliphatic rings. The number of nitrogens with one attached hydrogen (secondary N) is 2. The number of hydrazine groups is 1. The fourth-order valence-corrected chi connectivity index (χ4v) is 6.25. The van der Waals surface area contributed by atoms with Gasteiger partial charge in [0.2, 0.25) is 5.91 Å². The minimum absolute atomic E-state index is 0.0344. The van der Waals surface area contributed by atoms with Gasteiger partial charge in [-0.05, 0) is 24.3 Å². The van der Waals surface area contributed by atoms with Crippen molar-refractivity contribution < 1.29 is 17.9 Å². The third kappa shape index (κ3) is 4.24. The number of carbonyl (C=O) groups is 1. The van der Waals surface area contributed by atoms with Gasteiger partial charge in [0.1, 0.15) is 10.8 Å². The van der Waals surface area contributed by atoms with Gasteiger partial charge in [-0.25, -0.2) is 9.99 Å². The Morgan fingerprint density at radius 3 is 2.85 bits per heavy atom. The summed E-state index contributed by atoms with van der Waals surface area (Å²) in [6, 6.07) is 10.3. The number of carbonyl (C=O) groups excluding carboxylic acids is 1. The number of sulfonamides is 1. The lowest BCUT2D eigenvalue weighted by Crippen LogP contribution is -2.38. The number of anilines is 1. The SMILES string of the molecule is COc1cc(N(C)S(=O)(=O)c2ccccn2)c2[nH]c(C3=NCC(CN4CCC(=O)N4)S3)cc2c1. The number of fused-ring (bicyclic) bond motifs is 1. The smallest absolute Gasteiger partial charge is 0.281 e. The van der Waals surface area contributed by atoms with Crippen LogP contribution in [0.3, 0.4) is 0 Å². The van der Waals surface area contributed by atoms with Crippen LogP contribution >= 0.6 is 11.8 Å². The van der Waals surface area contributed by atoms with Crippen LogP contribution in [0.2, 0.25) is 0 Å². The molecule has 1 fully saturated rings. The normalized spacial score (nSPS) is 18.8. The number of hydrogen-bond acceptors (Lipinski definition) is 8. The molecule has 1 saturated heterocycles. The van der Waals surface area contributed by atoms with Crippen molar-refractivity contribution in [1.82, 2.24) is 20.4 Å². The highest BCUT2D eigenvalue weighted by atomic mass is 32.2. The van der Waals surface area contributed by atoms with Crippen LogP contribution in [0.1, 0.15) is 12.1 Å². The number of rotatable bonds is 7. The summed E-state index contributed by atoms with van der Waals surface area (Å²) < 4.78 is 33.1. The van der Waals surface area contributed by atoms with Crippen molar-refractivity contribution in [2.24, 2.45) is 4.99 Å². The molecule has 5 rings (SSSR count). The Balaban J connectivity index is 1.44. The van der Waals surface area contributed by atoms with Gasteiger partial charge in [0.05, 0.1) is 30.6 Å². The lowest BCUT2D eigenvalue weighted by atomic mass is 10.2. The molecular formula is C22H24N6O4S2. The number of pyridine rings is 1. The van der Waals surface area contributed by atoms with Crippen LogP contribution in [0.5, 0.6) is 5.75 Å². The predicted molar refractivity (Wildman–Crippen MR) is 132 cm³/mol. The quantitative estimate of drug-likeness (QED) is 0.509. The van der Waals surface area contributed by atoms with Gasteiger partial charge in [0.15, 0.2) is 5.03 Å². The van der Waals surface area contributed by atoms with Crippen LogP contribution in [0.25, 0.3) is 10.9 Å². The van der Waals surface area contributed by atoms with Crippen LogP contribution in [0, 0.1) is 0 Å². The lowest BCUT2D eigenvalue weighted by molar-refractivity contribution is -0.121. The molecule has 0 radical (unpaired) electrons. The van der Waals surface area contributed by atoms with E-state index in [0.717, 1.165) is 16.1 Å². The third-order valence-corrected chi connectivity index (χ3v) is 8.67. The van der Waals surface area contributed by atoms with Gasteiger partial charge in [-0.2, -0.15) is 8.42 Å². The Kier molecular flexibility index (Phi) is 5.96. The molecule has 2 aliphatic heterocycles. The molecule has 4 heterocycles. The van der Waals surface area contributed by atoms with Crippen molar-refractivity contribution in [2.75, 3.05) is 38.1 Å². The zero-order valence-electron chi connectivity index (χ0n) is 18.7. The van der Waals surface area contributed by atoms with Gasteiger partial charge in [0.25, 0.3) is 10.0 Å². The van der Waals surface area contributed by atoms with E-state index in [1.165, 1.54) is 23.6 Å². The summed E-state index contributed by atoms with van der Waals surface area (Å²) in [4.78, 5) is 23.5. The van der Waals surface area contributed by atoms with Crippen molar-refractivity contribution >= 4 is 49.3 Å². The van der Waals surface area contributed by atoms with Gasteiger partial charge in [-0.15, -0.1) is 0 Å². The molecule has 0 bridgehead atoms. The second-order valence-electron chi connectivity index (χ2n) is 8.05. The lowest BCUT2D eigenvalue weighted by Gasteiger charge is -2.20. The number of aromatic nitrogens is 2. The highest BCUT2D eigenvalue weighted by Gasteiger charge is 2.29. The molecule has 0 aliphatic carbocycles. The maximum Gasteiger partial charge on any atom is 0.281 e.